The Morgan fingerprint density at radius 1 is 1.40 bits per heavy atom. The number of rotatable bonds is 2. The number of nitrogens with zero attached hydrogens (tertiary/aromatic N) is 1. The molecule has 0 saturated carbocycles. The summed E-state index contributed by atoms with van der Waals surface area (Å²) in [4.78, 5) is 34.1. The first kappa shape index (κ1) is 14.0. The predicted molar refractivity (Wildman–Crippen MR) is 70.6 cm³/mol. The van der Waals surface area contributed by atoms with Gasteiger partial charge in [-0.3, -0.25) is 19.7 Å². The number of amides is 1. The van der Waals surface area contributed by atoms with Gasteiger partial charge in [0.05, 0.1) is 10.6 Å². The second kappa shape index (κ2) is 4.59. The number of ketones is 1. The van der Waals surface area contributed by atoms with E-state index >= 15 is 0 Å². The number of fused-ring (bicyclic) bond motifs is 1. The minimum atomic E-state index is -1.23. The van der Waals surface area contributed by atoms with Crippen molar-refractivity contribution in [2.75, 3.05) is 5.32 Å². The highest BCUT2D eigenvalue weighted by Gasteiger charge is 2.39. The lowest BCUT2D eigenvalue weighted by atomic mass is 9.87. The predicted octanol–water partition coefficient (Wildman–Crippen LogP) is 1.91. The fraction of sp³-hybridized carbons (Fsp3) is 0.385. The number of nitro groups is 1. The largest absolute Gasteiger partial charge is 0.470 e. The van der Waals surface area contributed by atoms with Crippen molar-refractivity contribution in [2.24, 2.45) is 5.41 Å². The first-order chi connectivity index (χ1) is 9.20. The Kier molecular flexibility index (Phi) is 3.21. The maximum Gasteiger partial charge on any atom is 0.273 e. The Morgan fingerprint density at radius 2 is 2.05 bits per heavy atom. The molecule has 7 nitrogen and oxygen atoms in total. The third-order valence-electron chi connectivity index (χ3n) is 2.89. The van der Waals surface area contributed by atoms with Crippen LogP contribution < -0.4 is 10.1 Å². The van der Waals surface area contributed by atoms with Crippen molar-refractivity contribution in [2.45, 2.75) is 26.9 Å². The molecular weight excluding hydrogens is 264 g/mol. The molecule has 1 aliphatic rings. The molecule has 0 aromatic heterocycles. The first-order valence-corrected chi connectivity index (χ1v) is 6.00. The number of anilines is 1. The fourth-order valence-corrected chi connectivity index (χ4v) is 1.78. The van der Waals surface area contributed by atoms with Crippen LogP contribution in [0.1, 0.15) is 20.8 Å². The van der Waals surface area contributed by atoms with Gasteiger partial charge < -0.3 is 10.1 Å². The monoisotopic (exact) mass is 278 g/mol. The number of benzene rings is 1. The molecule has 106 valence electrons. The molecule has 1 atom stereocenters. The summed E-state index contributed by atoms with van der Waals surface area (Å²) in [5.74, 6) is -0.713. The SMILES string of the molecule is CC(C)(C)C(=O)C1Oc2ccc([N+](=O)[O-])cc2NC1=O. The summed E-state index contributed by atoms with van der Waals surface area (Å²) in [6, 6.07) is 3.83. The summed E-state index contributed by atoms with van der Waals surface area (Å²) in [5, 5.41) is 13.1. The highest BCUT2D eigenvalue weighted by molar-refractivity contribution is 6.13. The van der Waals surface area contributed by atoms with E-state index < -0.39 is 22.3 Å². The van der Waals surface area contributed by atoms with Gasteiger partial charge in [0.2, 0.25) is 6.10 Å². The van der Waals surface area contributed by atoms with Gasteiger partial charge in [-0.15, -0.1) is 0 Å². The molecule has 1 aromatic carbocycles. The van der Waals surface area contributed by atoms with Crippen LogP contribution in [0.2, 0.25) is 0 Å². The van der Waals surface area contributed by atoms with E-state index in [4.69, 9.17) is 4.74 Å². The van der Waals surface area contributed by atoms with Crippen molar-refractivity contribution in [3.8, 4) is 5.75 Å². The van der Waals surface area contributed by atoms with Gasteiger partial charge in [-0.05, 0) is 6.07 Å². The molecule has 1 aromatic rings. The lowest BCUT2D eigenvalue weighted by Gasteiger charge is -2.28. The van der Waals surface area contributed by atoms with E-state index in [1.165, 1.54) is 18.2 Å². The van der Waals surface area contributed by atoms with E-state index in [1.807, 2.05) is 0 Å². The fourth-order valence-electron chi connectivity index (χ4n) is 1.78. The van der Waals surface area contributed by atoms with E-state index in [-0.39, 0.29) is 22.9 Å². The average Bonchev–Trinajstić information content (AvgIpc) is 2.35. The van der Waals surface area contributed by atoms with Crippen molar-refractivity contribution in [1.82, 2.24) is 0 Å². The Bertz CT molecular complexity index is 603. The lowest BCUT2D eigenvalue weighted by molar-refractivity contribution is -0.384. The Balaban J connectivity index is 2.33. The molecule has 0 aliphatic carbocycles. The number of hydrogen-bond donors (Lipinski definition) is 1. The van der Waals surface area contributed by atoms with Gasteiger partial charge >= 0.3 is 0 Å². The molecule has 7 heteroatoms. The second-order valence-corrected chi connectivity index (χ2v) is 5.54. The van der Waals surface area contributed by atoms with Crippen LogP contribution in [-0.4, -0.2) is 22.7 Å². The number of Topliss-reactive ketones (excluding diaryl/α,β-unsaturated/α-hetero) is 1. The Labute approximate surface area is 115 Å². The van der Waals surface area contributed by atoms with Crippen LogP contribution in [0.25, 0.3) is 0 Å². The van der Waals surface area contributed by atoms with Crippen LogP contribution in [0.4, 0.5) is 11.4 Å². The standard InChI is InChI=1S/C13H14N2O5/c1-13(2,3)11(16)10-12(17)14-8-6-7(15(18)19)4-5-9(8)20-10/h4-6,10H,1-3H3,(H,14,17). The topological polar surface area (TPSA) is 98.5 Å². The Hall–Kier alpha value is -2.44. The summed E-state index contributed by atoms with van der Waals surface area (Å²) in [5.41, 5.74) is -0.685. The van der Waals surface area contributed by atoms with Crippen molar-refractivity contribution in [1.29, 1.82) is 0 Å². The van der Waals surface area contributed by atoms with Crippen molar-refractivity contribution in [3.05, 3.63) is 28.3 Å². The summed E-state index contributed by atoms with van der Waals surface area (Å²) in [6.45, 7) is 5.08. The van der Waals surface area contributed by atoms with E-state index in [0.29, 0.717) is 0 Å². The molecule has 1 amide bonds. The van der Waals surface area contributed by atoms with Crippen LogP contribution in [0, 0.1) is 15.5 Å². The number of carbonyl (C=O) groups excluding carboxylic acids is 2. The molecule has 1 aliphatic heterocycles. The van der Waals surface area contributed by atoms with Gasteiger partial charge in [0, 0.05) is 17.5 Å². The summed E-state index contributed by atoms with van der Waals surface area (Å²) in [6.07, 6.45) is -1.23. The molecule has 2 rings (SSSR count). The van der Waals surface area contributed by atoms with E-state index in [9.17, 15) is 19.7 Å². The van der Waals surface area contributed by atoms with Crippen LogP contribution in [0.15, 0.2) is 18.2 Å². The zero-order valence-electron chi connectivity index (χ0n) is 11.3. The van der Waals surface area contributed by atoms with E-state index in [2.05, 4.69) is 5.32 Å². The summed E-state index contributed by atoms with van der Waals surface area (Å²) < 4.78 is 5.38. The number of hydrogen-bond acceptors (Lipinski definition) is 5. The highest BCUT2D eigenvalue weighted by Crippen LogP contribution is 2.34. The van der Waals surface area contributed by atoms with Gasteiger partial charge in [-0.25, -0.2) is 0 Å². The first-order valence-electron chi connectivity index (χ1n) is 6.00. The number of ether oxygens (including phenoxy) is 1. The molecule has 0 spiro atoms. The second-order valence-electron chi connectivity index (χ2n) is 5.54. The Morgan fingerprint density at radius 3 is 2.60 bits per heavy atom. The van der Waals surface area contributed by atoms with Gasteiger partial charge in [0.15, 0.2) is 5.78 Å². The molecular formula is C13H14N2O5. The van der Waals surface area contributed by atoms with Crippen molar-refractivity contribution < 1.29 is 19.2 Å². The molecule has 0 radical (unpaired) electrons. The zero-order valence-corrected chi connectivity index (χ0v) is 11.3. The maximum absolute atomic E-state index is 12.1. The minimum Gasteiger partial charge on any atom is -0.470 e. The maximum atomic E-state index is 12.1. The third kappa shape index (κ3) is 2.47. The van der Waals surface area contributed by atoms with Crippen LogP contribution in [-0.2, 0) is 9.59 Å². The van der Waals surface area contributed by atoms with Gasteiger partial charge in [0.1, 0.15) is 5.75 Å². The molecule has 1 heterocycles. The average molecular weight is 278 g/mol. The number of carbonyl (C=O) groups is 2. The smallest absolute Gasteiger partial charge is 0.273 e. The number of nitro benzene ring substituents is 1. The summed E-state index contributed by atoms with van der Waals surface area (Å²) >= 11 is 0. The quantitative estimate of drug-likeness (QED) is 0.506. The summed E-state index contributed by atoms with van der Waals surface area (Å²) in [7, 11) is 0. The van der Waals surface area contributed by atoms with E-state index in [0.717, 1.165) is 0 Å². The molecule has 0 saturated heterocycles. The molecule has 0 fully saturated rings. The third-order valence-corrected chi connectivity index (χ3v) is 2.89. The van der Waals surface area contributed by atoms with Crippen molar-refractivity contribution >= 4 is 23.1 Å². The molecule has 0 bridgehead atoms. The van der Waals surface area contributed by atoms with Gasteiger partial charge in [0.25, 0.3) is 11.6 Å². The van der Waals surface area contributed by atoms with Crippen LogP contribution in [0.3, 0.4) is 0 Å². The lowest BCUT2D eigenvalue weighted by Crippen LogP contribution is -2.47. The van der Waals surface area contributed by atoms with Crippen molar-refractivity contribution in [3.63, 3.8) is 0 Å². The number of nitrogens with one attached hydrogen (secondary N) is 1. The zero-order chi connectivity index (χ0) is 15.1. The molecule has 20 heavy (non-hydrogen) atoms. The van der Waals surface area contributed by atoms with Crippen LogP contribution >= 0.6 is 0 Å². The van der Waals surface area contributed by atoms with E-state index in [1.54, 1.807) is 20.8 Å². The minimum absolute atomic E-state index is 0.159. The molecule has 1 N–H and O–H groups in total. The normalized spacial score (nSPS) is 17.8. The van der Waals surface area contributed by atoms with Crippen LogP contribution in [0.5, 0.6) is 5.75 Å². The number of non-ortho nitro benzene ring substituents is 1. The van der Waals surface area contributed by atoms with Gasteiger partial charge in [-0.1, -0.05) is 20.8 Å². The highest BCUT2D eigenvalue weighted by atomic mass is 16.6. The molecule has 1 unspecified atom stereocenters. The van der Waals surface area contributed by atoms with Gasteiger partial charge in [-0.2, -0.15) is 0 Å².